The molecule has 1 rings (SSSR count). The average molecular weight is 229 g/mol. The highest BCUT2D eigenvalue weighted by molar-refractivity contribution is 5.77. The highest BCUT2D eigenvalue weighted by Crippen LogP contribution is 2.05. The fourth-order valence-corrected chi connectivity index (χ4v) is 1.91. The minimum atomic E-state index is 0.0917. The Bertz CT molecular complexity index is 215. The molecule has 0 aromatic rings. The Hall–Kier alpha value is -0.650. The molecule has 1 amide bonds. The van der Waals surface area contributed by atoms with Crippen LogP contribution in [0.4, 0.5) is 0 Å². The van der Waals surface area contributed by atoms with Crippen LogP contribution in [-0.4, -0.2) is 68.7 Å². The van der Waals surface area contributed by atoms with Gasteiger partial charge in [-0.2, -0.15) is 0 Å². The molecule has 1 fully saturated rings. The van der Waals surface area contributed by atoms with Gasteiger partial charge < -0.3 is 15.4 Å². The second kappa shape index (κ2) is 6.83. The van der Waals surface area contributed by atoms with Crippen LogP contribution >= 0.6 is 0 Å². The highest BCUT2D eigenvalue weighted by atomic mass is 16.5. The van der Waals surface area contributed by atoms with E-state index in [0.29, 0.717) is 5.92 Å². The molecule has 1 aliphatic heterocycles. The number of ether oxygens (including phenoxy) is 1. The van der Waals surface area contributed by atoms with E-state index in [-0.39, 0.29) is 12.5 Å². The van der Waals surface area contributed by atoms with Crippen molar-refractivity contribution >= 4 is 5.91 Å². The number of methoxy groups -OCH3 is 1. The zero-order valence-electron chi connectivity index (χ0n) is 10.3. The second-order valence-corrected chi connectivity index (χ2v) is 4.46. The van der Waals surface area contributed by atoms with Gasteiger partial charge in [0.1, 0.15) is 6.61 Å². The van der Waals surface area contributed by atoms with Crippen molar-refractivity contribution in [3.8, 4) is 0 Å². The van der Waals surface area contributed by atoms with Gasteiger partial charge in [0, 0.05) is 39.8 Å². The highest BCUT2D eigenvalue weighted by Gasteiger charge is 2.21. The largest absolute Gasteiger partial charge is 0.375 e. The van der Waals surface area contributed by atoms with Gasteiger partial charge in [0.2, 0.25) is 5.91 Å². The van der Waals surface area contributed by atoms with Gasteiger partial charge >= 0.3 is 0 Å². The molecule has 0 spiro atoms. The van der Waals surface area contributed by atoms with Crippen LogP contribution in [0.25, 0.3) is 0 Å². The summed E-state index contributed by atoms with van der Waals surface area (Å²) in [6, 6.07) is 0. The van der Waals surface area contributed by atoms with Crippen molar-refractivity contribution in [3.05, 3.63) is 0 Å². The standard InChI is InChI=1S/C11H23N3O2/c1-10(7-12)8-13-3-5-14(6-4-13)11(15)9-16-2/h10H,3-9,12H2,1-2H3. The Labute approximate surface area is 97.5 Å². The fourth-order valence-electron chi connectivity index (χ4n) is 1.91. The molecule has 1 heterocycles. The lowest BCUT2D eigenvalue weighted by molar-refractivity contribution is -0.136. The van der Waals surface area contributed by atoms with E-state index in [2.05, 4.69) is 11.8 Å². The first-order chi connectivity index (χ1) is 7.67. The molecule has 0 bridgehead atoms. The Kier molecular flexibility index (Phi) is 5.73. The van der Waals surface area contributed by atoms with Crippen LogP contribution in [0, 0.1) is 5.92 Å². The summed E-state index contributed by atoms with van der Waals surface area (Å²) in [5.41, 5.74) is 5.60. The summed E-state index contributed by atoms with van der Waals surface area (Å²) in [6.07, 6.45) is 0. The van der Waals surface area contributed by atoms with E-state index in [0.717, 1.165) is 39.3 Å². The van der Waals surface area contributed by atoms with Crippen molar-refractivity contribution < 1.29 is 9.53 Å². The summed E-state index contributed by atoms with van der Waals surface area (Å²) >= 11 is 0. The lowest BCUT2D eigenvalue weighted by atomic mass is 10.1. The van der Waals surface area contributed by atoms with Crippen LogP contribution in [-0.2, 0) is 9.53 Å². The van der Waals surface area contributed by atoms with E-state index < -0.39 is 0 Å². The molecule has 0 aromatic carbocycles. The number of hydrogen-bond acceptors (Lipinski definition) is 4. The maximum atomic E-state index is 11.5. The van der Waals surface area contributed by atoms with Crippen molar-refractivity contribution in [2.24, 2.45) is 11.7 Å². The van der Waals surface area contributed by atoms with Crippen molar-refractivity contribution in [1.29, 1.82) is 0 Å². The normalized spacial score (nSPS) is 19.8. The van der Waals surface area contributed by atoms with E-state index in [1.165, 1.54) is 0 Å². The van der Waals surface area contributed by atoms with Crippen molar-refractivity contribution in [2.75, 3.05) is 53.0 Å². The predicted octanol–water partition coefficient (Wildman–Crippen LogP) is -0.628. The molecular weight excluding hydrogens is 206 g/mol. The first-order valence-corrected chi connectivity index (χ1v) is 5.86. The number of hydrogen-bond donors (Lipinski definition) is 1. The van der Waals surface area contributed by atoms with Crippen LogP contribution < -0.4 is 5.73 Å². The zero-order valence-corrected chi connectivity index (χ0v) is 10.3. The molecule has 5 heteroatoms. The van der Waals surface area contributed by atoms with Crippen LogP contribution in [0.5, 0.6) is 0 Å². The summed E-state index contributed by atoms with van der Waals surface area (Å²) in [7, 11) is 1.55. The number of rotatable bonds is 5. The van der Waals surface area contributed by atoms with Crippen LogP contribution in [0.15, 0.2) is 0 Å². The van der Waals surface area contributed by atoms with Crippen molar-refractivity contribution in [3.63, 3.8) is 0 Å². The van der Waals surface area contributed by atoms with Crippen molar-refractivity contribution in [1.82, 2.24) is 9.80 Å². The lowest BCUT2D eigenvalue weighted by Crippen LogP contribution is -2.50. The van der Waals surface area contributed by atoms with Crippen LogP contribution in [0.1, 0.15) is 6.92 Å². The molecule has 16 heavy (non-hydrogen) atoms. The molecule has 1 saturated heterocycles. The second-order valence-electron chi connectivity index (χ2n) is 4.46. The third-order valence-electron chi connectivity index (χ3n) is 2.97. The monoisotopic (exact) mass is 229 g/mol. The molecule has 94 valence electrons. The summed E-state index contributed by atoms with van der Waals surface area (Å²) in [6.45, 7) is 7.60. The third kappa shape index (κ3) is 4.08. The van der Waals surface area contributed by atoms with Gasteiger partial charge in [-0.15, -0.1) is 0 Å². The average Bonchev–Trinajstić information content (AvgIpc) is 2.30. The SMILES string of the molecule is COCC(=O)N1CCN(CC(C)CN)CC1. The predicted molar refractivity (Wildman–Crippen MR) is 63.1 cm³/mol. The molecule has 0 aromatic heterocycles. The van der Waals surface area contributed by atoms with Gasteiger partial charge in [-0.3, -0.25) is 9.69 Å². The van der Waals surface area contributed by atoms with Gasteiger partial charge in [-0.05, 0) is 12.5 Å². The zero-order chi connectivity index (χ0) is 12.0. The van der Waals surface area contributed by atoms with Gasteiger partial charge in [0.05, 0.1) is 0 Å². The number of carbonyl (C=O) groups excluding carboxylic acids is 1. The Balaban J connectivity index is 2.25. The maximum Gasteiger partial charge on any atom is 0.248 e. The van der Waals surface area contributed by atoms with Crippen LogP contribution in [0.2, 0.25) is 0 Å². The van der Waals surface area contributed by atoms with Gasteiger partial charge in [0.25, 0.3) is 0 Å². The molecule has 0 saturated carbocycles. The molecule has 5 nitrogen and oxygen atoms in total. The lowest BCUT2D eigenvalue weighted by Gasteiger charge is -2.35. The Morgan fingerprint density at radius 2 is 2.00 bits per heavy atom. The number of piperazine rings is 1. The van der Waals surface area contributed by atoms with E-state index in [4.69, 9.17) is 10.5 Å². The third-order valence-corrected chi connectivity index (χ3v) is 2.97. The Morgan fingerprint density at radius 1 is 1.38 bits per heavy atom. The first kappa shape index (κ1) is 13.4. The molecule has 0 aliphatic carbocycles. The van der Waals surface area contributed by atoms with Gasteiger partial charge in [0.15, 0.2) is 0 Å². The minimum Gasteiger partial charge on any atom is -0.375 e. The fraction of sp³-hybridized carbons (Fsp3) is 0.909. The number of carbonyl (C=O) groups is 1. The van der Waals surface area contributed by atoms with Gasteiger partial charge in [-0.25, -0.2) is 0 Å². The van der Waals surface area contributed by atoms with Crippen LogP contribution in [0.3, 0.4) is 0 Å². The van der Waals surface area contributed by atoms with E-state index >= 15 is 0 Å². The molecule has 1 atom stereocenters. The summed E-state index contributed by atoms with van der Waals surface area (Å²) in [5, 5.41) is 0. The van der Waals surface area contributed by atoms with E-state index in [1.807, 2.05) is 4.90 Å². The Morgan fingerprint density at radius 3 is 2.50 bits per heavy atom. The summed E-state index contributed by atoms with van der Waals surface area (Å²) in [4.78, 5) is 15.8. The summed E-state index contributed by atoms with van der Waals surface area (Å²) in [5.74, 6) is 0.621. The minimum absolute atomic E-state index is 0.0917. The molecule has 1 unspecified atom stereocenters. The van der Waals surface area contributed by atoms with Gasteiger partial charge in [-0.1, -0.05) is 6.92 Å². The summed E-state index contributed by atoms with van der Waals surface area (Å²) < 4.78 is 4.84. The maximum absolute atomic E-state index is 11.5. The number of nitrogens with zero attached hydrogens (tertiary/aromatic N) is 2. The van der Waals surface area contributed by atoms with E-state index in [9.17, 15) is 4.79 Å². The number of nitrogens with two attached hydrogens (primary N) is 1. The molecule has 2 N–H and O–H groups in total. The van der Waals surface area contributed by atoms with Crippen molar-refractivity contribution in [2.45, 2.75) is 6.92 Å². The topological polar surface area (TPSA) is 58.8 Å². The quantitative estimate of drug-likeness (QED) is 0.682. The number of amides is 1. The first-order valence-electron chi connectivity index (χ1n) is 5.86. The molecule has 0 radical (unpaired) electrons. The smallest absolute Gasteiger partial charge is 0.248 e. The molecule has 1 aliphatic rings. The molecular formula is C11H23N3O2. The van der Waals surface area contributed by atoms with E-state index in [1.54, 1.807) is 7.11 Å².